The van der Waals surface area contributed by atoms with Gasteiger partial charge in [0, 0.05) is 38.8 Å². The number of carboxylic acids is 1. The summed E-state index contributed by atoms with van der Waals surface area (Å²) in [6.45, 7) is 9.50. The van der Waals surface area contributed by atoms with Crippen molar-refractivity contribution in [3.8, 4) is 5.69 Å². The predicted molar refractivity (Wildman–Crippen MR) is 149 cm³/mol. The lowest BCUT2D eigenvalue weighted by atomic mass is 10.1. The predicted octanol–water partition coefficient (Wildman–Crippen LogP) is 3.29. The van der Waals surface area contributed by atoms with E-state index in [9.17, 15) is 14.7 Å². The van der Waals surface area contributed by atoms with Gasteiger partial charge >= 0.3 is 11.7 Å². The molecule has 3 heterocycles. The molecule has 3 N–H and O–H groups in total. The summed E-state index contributed by atoms with van der Waals surface area (Å²) in [7, 11) is 1.71. The van der Waals surface area contributed by atoms with Crippen molar-refractivity contribution >= 4 is 34.6 Å². The van der Waals surface area contributed by atoms with Crippen LogP contribution in [-0.4, -0.2) is 60.3 Å². The number of nitrogens with one attached hydrogen (secondary N) is 2. The van der Waals surface area contributed by atoms with Gasteiger partial charge in [-0.2, -0.15) is 4.98 Å². The Balaban J connectivity index is 1.61. The summed E-state index contributed by atoms with van der Waals surface area (Å²) in [5.41, 5.74) is 3.19. The van der Waals surface area contributed by atoms with E-state index in [1.54, 1.807) is 46.8 Å². The maximum absolute atomic E-state index is 12.8. The fourth-order valence-electron chi connectivity index (χ4n) is 4.34. The highest BCUT2D eigenvalue weighted by atomic mass is 16.4. The topological polar surface area (TPSA) is 130 Å². The van der Waals surface area contributed by atoms with Crippen molar-refractivity contribution < 1.29 is 9.90 Å². The molecule has 0 amide bonds. The van der Waals surface area contributed by atoms with Gasteiger partial charge in [-0.3, -0.25) is 4.57 Å². The minimum absolute atomic E-state index is 0.112. The summed E-state index contributed by atoms with van der Waals surface area (Å²) in [6.07, 6.45) is 3.55. The molecule has 38 heavy (non-hydrogen) atoms. The van der Waals surface area contributed by atoms with E-state index in [4.69, 9.17) is 0 Å². The van der Waals surface area contributed by atoms with Crippen LogP contribution in [0.15, 0.2) is 53.6 Å². The molecule has 1 aromatic carbocycles. The first kappa shape index (κ1) is 26.6. The molecule has 11 nitrogen and oxygen atoms in total. The summed E-state index contributed by atoms with van der Waals surface area (Å²) in [5.74, 6) is -0.0236. The lowest BCUT2D eigenvalue weighted by molar-refractivity contribution is -0.137. The highest BCUT2D eigenvalue weighted by molar-refractivity contribution is 5.80. The van der Waals surface area contributed by atoms with Crippen LogP contribution in [0.1, 0.15) is 33.3 Å². The van der Waals surface area contributed by atoms with Crippen molar-refractivity contribution in [1.82, 2.24) is 24.1 Å². The maximum atomic E-state index is 12.8. The van der Waals surface area contributed by atoms with Crippen molar-refractivity contribution in [2.45, 2.75) is 46.2 Å². The first-order chi connectivity index (χ1) is 18.2. The highest BCUT2D eigenvalue weighted by Crippen LogP contribution is 2.24. The molecule has 0 aliphatic carbocycles. The molecular formula is C27H34N8O3. The molecule has 0 aliphatic rings. The van der Waals surface area contributed by atoms with E-state index in [1.165, 1.54) is 0 Å². The Kier molecular flexibility index (Phi) is 7.94. The van der Waals surface area contributed by atoms with E-state index in [0.29, 0.717) is 28.8 Å². The average Bonchev–Trinajstić information content (AvgIpc) is 3.15. The van der Waals surface area contributed by atoms with Crippen molar-refractivity contribution in [3.63, 3.8) is 0 Å². The minimum atomic E-state index is -0.998. The van der Waals surface area contributed by atoms with Crippen LogP contribution in [0.25, 0.3) is 16.9 Å². The van der Waals surface area contributed by atoms with E-state index in [2.05, 4.69) is 25.6 Å². The number of benzene rings is 1. The molecule has 0 saturated heterocycles. The quantitative estimate of drug-likeness (QED) is 0.274. The third-order valence-electron chi connectivity index (χ3n) is 6.33. The number of hydrogen-bond acceptors (Lipinski definition) is 8. The van der Waals surface area contributed by atoms with Crippen LogP contribution < -0.4 is 21.2 Å². The third-order valence-corrected chi connectivity index (χ3v) is 6.33. The largest absolute Gasteiger partial charge is 0.480 e. The summed E-state index contributed by atoms with van der Waals surface area (Å²) in [4.78, 5) is 40.6. The first-order valence-corrected chi connectivity index (χ1v) is 12.7. The molecule has 200 valence electrons. The van der Waals surface area contributed by atoms with Crippen LogP contribution in [0.2, 0.25) is 0 Å². The summed E-state index contributed by atoms with van der Waals surface area (Å²) in [6, 6.07) is 10.1. The Morgan fingerprint density at radius 3 is 2.42 bits per heavy atom. The fraction of sp³-hybridized carbons (Fsp3) is 0.370. The number of nitrogens with zero attached hydrogens (tertiary/aromatic N) is 6. The van der Waals surface area contributed by atoms with Gasteiger partial charge in [-0.25, -0.2) is 24.1 Å². The number of pyridine rings is 1. The minimum Gasteiger partial charge on any atom is -0.480 e. The van der Waals surface area contributed by atoms with E-state index in [-0.39, 0.29) is 18.2 Å². The number of aliphatic carboxylic acids is 1. The van der Waals surface area contributed by atoms with Gasteiger partial charge in [-0.05, 0) is 57.5 Å². The van der Waals surface area contributed by atoms with Gasteiger partial charge in [0.05, 0.1) is 23.1 Å². The smallest absolute Gasteiger partial charge is 0.334 e. The molecule has 4 rings (SSSR count). The summed E-state index contributed by atoms with van der Waals surface area (Å²) in [5, 5.41) is 16.4. The highest BCUT2D eigenvalue weighted by Gasteiger charge is 2.22. The summed E-state index contributed by atoms with van der Waals surface area (Å²) >= 11 is 0. The molecule has 1 atom stereocenters. The molecule has 3 aromatic heterocycles. The zero-order valence-electron chi connectivity index (χ0n) is 22.3. The van der Waals surface area contributed by atoms with Gasteiger partial charge < -0.3 is 20.6 Å². The van der Waals surface area contributed by atoms with Gasteiger partial charge in [0.1, 0.15) is 6.04 Å². The Morgan fingerprint density at radius 1 is 1.08 bits per heavy atom. The monoisotopic (exact) mass is 518 g/mol. The van der Waals surface area contributed by atoms with Crippen molar-refractivity contribution in [1.29, 1.82) is 0 Å². The van der Waals surface area contributed by atoms with E-state index in [0.717, 1.165) is 24.2 Å². The number of aromatic nitrogens is 5. The number of imidazole rings is 1. The number of rotatable bonds is 11. The number of hydrogen-bond donors (Lipinski definition) is 3. The Morgan fingerprint density at radius 2 is 1.79 bits per heavy atom. The van der Waals surface area contributed by atoms with Crippen LogP contribution in [0.3, 0.4) is 0 Å². The summed E-state index contributed by atoms with van der Waals surface area (Å²) < 4.78 is 3.10. The van der Waals surface area contributed by atoms with Gasteiger partial charge in [-0.1, -0.05) is 12.1 Å². The standard InChI is InChI=1S/C27H34N8O3/c1-6-34(7-2)26-29-16-21(30-17(3)4)23(32-26)31-20(25(36)37)15-18-10-12-19(13-11-18)35-24-22(9-8-14-28-24)33(5)27(35)38/h8-14,16-17,20,30H,6-7,15H2,1-5H3,(H,36,37)(H,29,31,32)/t20-/m0/s1. The molecule has 0 fully saturated rings. The molecule has 0 radical (unpaired) electrons. The van der Waals surface area contributed by atoms with Crippen molar-refractivity contribution in [3.05, 3.63) is 64.8 Å². The average molecular weight is 519 g/mol. The second-order valence-corrected chi connectivity index (χ2v) is 9.33. The maximum Gasteiger partial charge on any atom is 0.334 e. The Bertz CT molecular complexity index is 1470. The lowest BCUT2D eigenvalue weighted by Crippen LogP contribution is -2.33. The molecule has 0 unspecified atom stereocenters. The molecule has 0 aliphatic heterocycles. The van der Waals surface area contributed by atoms with Gasteiger partial charge in [0.25, 0.3) is 0 Å². The number of carbonyl (C=O) groups is 1. The molecule has 4 aromatic rings. The SMILES string of the molecule is CCN(CC)c1ncc(NC(C)C)c(N[C@@H](Cc2ccc(-n3c(=O)n(C)c4cccnc43)cc2)C(=O)O)n1. The molecular weight excluding hydrogens is 484 g/mol. The van der Waals surface area contributed by atoms with E-state index in [1.807, 2.05) is 50.8 Å². The van der Waals surface area contributed by atoms with Crippen LogP contribution >= 0.6 is 0 Å². The first-order valence-electron chi connectivity index (χ1n) is 12.7. The van der Waals surface area contributed by atoms with Crippen LogP contribution in [0, 0.1) is 0 Å². The van der Waals surface area contributed by atoms with Gasteiger partial charge in [0.2, 0.25) is 5.95 Å². The zero-order valence-corrected chi connectivity index (χ0v) is 22.3. The molecule has 0 spiro atoms. The molecule has 0 saturated carbocycles. The molecule has 11 heteroatoms. The van der Waals surface area contributed by atoms with Gasteiger partial charge in [-0.15, -0.1) is 0 Å². The molecule has 0 bridgehead atoms. The van der Waals surface area contributed by atoms with Crippen molar-refractivity contribution in [2.24, 2.45) is 7.05 Å². The Labute approximate surface area is 221 Å². The second kappa shape index (κ2) is 11.3. The number of anilines is 3. The second-order valence-electron chi connectivity index (χ2n) is 9.33. The van der Waals surface area contributed by atoms with E-state index >= 15 is 0 Å². The Hall–Kier alpha value is -4.41. The van der Waals surface area contributed by atoms with Gasteiger partial charge in [0.15, 0.2) is 11.5 Å². The number of aryl methyl sites for hydroxylation is 1. The lowest BCUT2D eigenvalue weighted by Gasteiger charge is -2.23. The van der Waals surface area contributed by atoms with Crippen LogP contribution in [0.5, 0.6) is 0 Å². The van der Waals surface area contributed by atoms with E-state index < -0.39 is 12.0 Å². The fourth-order valence-corrected chi connectivity index (χ4v) is 4.34. The van der Waals surface area contributed by atoms with Crippen LogP contribution in [-0.2, 0) is 18.3 Å². The number of fused-ring (bicyclic) bond motifs is 1. The number of carboxylic acid groups (broad SMARTS) is 1. The zero-order chi connectivity index (χ0) is 27.4. The normalized spacial score (nSPS) is 12.1. The third kappa shape index (κ3) is 5.46. The van der Waals surface area contributed by atoms with Crippen molar-refractivity contribution in [2.75, 3.05) is 28.6 Å². The van der Waals surface area contributed by atoms with Crippen LogP contribution in [0.4, 0.5) is 17.5 Å².